The Morgan fingerprint density at radius 1 is 1.40 bits per heavy atom. The predicted octanol–water partition coefficient (Wildman–Crippen LogP) is 1.82. The SMILES string of the molecule is CC.CC(C)C1CNOC1. The first-order valence-corrected chi connectivity index (χ1v) is 4.15. The van der Waals surface area contributed by atoms with E-state index in [0.29, 0.717) is 0 Å². The van der Waals surface area contributed by atoms with E-state index in [4.69, 9.17) is 4.84 Å². The molecule has 1 rings (SSSR count). The molecule has 0 saturated carbocycles. The van der Waals surface area contributed by atoms with Crippen molar-refractivity contribution in [3.63, 3.8) is 0 Å². The molecule has 0 aliphatic carbocycles. The van der Waals surface area contributed by atoms with Crippen LogP contribution >= 0.6 is 0 Å². The lowest BCUT2D eigenvalue weighted by molar-refractivity contribution is 0.0939. The third-order valence-electron chi connectivity index (χ3n) is 1.69. The first-order valence-electron chi connectivity index (χ1n) is 4.15. The summed E-state index contributed by atoms with van der Waals surface area (Å²) in [7, 11) is 0. The largest absolute Gasteiger partial charge is 0.301 e. The zero-order valence-corrected chi connectivity index (χ0v) is 7.48. The summed E-state index contributed by atoms with van der Waals surface area (Å²) in [6.45, 7) is 10.4. The fourth-order valence-corrected chi connectivity index (χ4v) is 0.819. The van der Waals surface area contributed by atoms with E-state index in [1.807, 2.05) is 13.8 Å². The van der Waals surface area contributed by atoms with Crippen molar-refractivity contribution in [3.05, 3.63) is 0 Å². The van der Waals surface area contributed by atoms with Crippen molar-refractivity contribution in [2.45, 2.75) is 27.7 Å². The zero-order chi connectivity index (χ0) is 7.98. The van der Waals surface area contributed by atoms with Crippen LogP contribution in [-0.2, 0) is 4.84 Å². The van der Waals surface area contributed by atoms with Gasteiger partial charge in [0.1, 0.15) is 0 Å². The number of rotatable bonds is 1. The summed E-state index contributed by atoms with van der Waals surface area (Å²) >= 11 is 0. The molecule has 1 fully saturated rings. The highest BCUT2D eigenvalue weighted by Crippen LogP contribution is 2.12. The van der Waals surface area contributed by atoms with Crippen LogP contribution in [0, 0.1) is 11.8 Å². The summed E-state index contributed by atoms with van der Waals surface area (Å²) < 4.78 is 0. The van der Waals surface area contributed by atoms with Crippen LogP contribution in [0.2, 0.25) is 0 Å². The first-order chi connectivity index (χ1) is 4.80. The maximum absolute atomic E-state index is 4.97. The lowest BCUT2D eigenvalue weighted by atomic mass is 9.98. The third-order valence-corrected chi connectivity index (χ3v) is 1.69. The van der Waals surface area contributed by atoms with Gasteiger partial charge in [0.15, 0.2) is 0 Å². The highest BCUT2D eigenvalue weighted by atomic mass is 16.7. The molecule has 0 aromatic heterocycles. The van der Waals surface area contributed by atoms with Gasteiger partial charge in [-0.3, -0.25) is 0 Å². The Morgan fingerprint density at radius 2 is 2.00 bits per heavy atom. The highest BCUT2D eigenvalue weighted by molar-refractivity contribution is 4.66. The molecule has 1 heterocycles. The van der Waals surface area contributed by atoms with Gasteiger partial charge in [0.05, 0.1) is 6.61 Å². The quantitative estimate of drug-likeness (QED) is 0.607. The van der Waals surface area contributed by atoms with E-state index in [0.717, 1.165) is 25.0 Å². The molecule has 1 aliphatic heterocycles. The molecular weight excluding hydrogens is 126 g/mol. The van der Waals surface area contributed by atoms with Crippen LogP contribution in [0.5, 0.6) is 0 Å². The number of hydroxylamine groups is 1. The van der Waals surface area contributed by atoms with Gasteiger partial charge < -0.3 is 4.84 Å². The highest BCUT2D eigenvalue weighted by Gasteiger charge is 2.17. The van der Waals surface area contributed by atoms with Crippen LogP contribution in [0.25, 0.3) is 0 Å². The monoisotopic (exact) mass is 145 g/mol. The second-order valence-corrected chi connectivity index (χ2v) is 2.66. The molecule has 10 heavy (non-hydrogen) atoms. The van der Waals surface area contributed by atoms with Crippen LogP contribution in [0.1, 0.15) is 27.7 Å². The topological polar surface area (TPSA) is 21.3 Å². The maximum Gasteiger partial charge on any atom is 0.0725 e. The van der Waals surface area contributed by atoms with Crippen molar-refractivity contribution >= 4 is 0 Å². The van der Waals surface area contributed by atoms with E-state index < -0.39 is 0 Å². The standard InChI is InChI=1S/C6H13NO.C2H6/c1-5(2)6-3-7-8-4-6;1-2/h5-7H,3-4H2,1-2H3;1-2H3. The van der Waals surface area contributed by atoms with Gasteiger partial charge in [-0.1, -0.05) is 27.7 Å². The van der Waals surface area contributed by atoms with Gasteiger partial charge in [0.25, 0.3) is 0 Å². The summed E-state index contributed by atoms with van der Waals surface area (Å²) in [5.74, 6) is 1.49. The molecule has 1 unspecified atom stereocenters. The fraction of sp³-hybridized carbons (Fsp3) is 1.00. The van der Waals surface area contributed by atoms with Gasteiger partial charge in [-0.05, 0) is 5.92 Å². The molecule has 1 atom stereocenters. The summed E-state index contributed by atoms with van der Waals surface area (Å²) in [6, 6.07) is 0. The van der Waals surface area contributed by atoms with Crippen LogP contribution in [0.3, 0.4) is 0 Å². The van der Waals surface area contributed by atoms with Crippen molar-refractivity contribution in [2.75, 3.05) is 13.2 Å². The molecule has 1 saturated heterocycles. The minimum absolute atomic E-state index is 0.731. The second kappa shape index (κ2) is 5.69. The molecule has 0 aromatic rings. The summed E-state index contributed by atoms with van der Waals surface area (Å²) in [4.78, 5) is 4.97. The Bertz CT molecular complexity index is 67.7. The van der Waals surface area contributed by atoms with Crippen LogP contribution in [0.4, 0.5) is 0 Å². The minimum Gasteiger partial charge on any atom is -0.301 e. The minimum atomic E-state index is 0.731. The second-order valence-electron chi connectivity index (χ2n) is 2.66. The average Bonchev–Trinajstić information content (AvgIpc) is 2.42. The van der Waals surface area contributed by atoms with E-state index in [-0.39, 0.29) is 0 Å². The molecule has 2 nitrogen and oxygen atoms in total. The van der Waals surface area contributed by atoms with E-state index in [9.17, 15) is 0 Å². The normalized spacial score (nSPS) is 24.3. The number of hydrogen-bond donors (Lipinski definition) is 1. The van der Waals surface area contributed by atoms with Gasteiger partial charge in [-0.2, -0.15) is 0 Å². The predicted molar refractivity (Wildman–Crippen MR) is 43.6 cm³/mol. The smallest absolute Gasteiger partial charge is 0.0725 e. The van der Waals surface area contributed by atoms with Crippen molar-refractivity contribution in [1.29, 1.82) is 0 Å². The zero-order valence-electron chi connectivity index (χ0n) is 7.48. The van der Waals surface area contributed by atoms with Gasteiger partial charge in [-0.25, -0.2) is 5.48 Å². The molecule has 0 radical (unpaired) electrons. The average molecular weight is 145 g/mol. The summed E-state index contributed by atoms with van der Waals surface area (Å²) in [5, 5.41) is 0. The molecular formula is C8H19NO. The lowest BCUT2D eigenvalue weighted by Gasteiger charge is -2.08. The Hall–Kier alpha value is -0.0800. The molecule has 2 heteroatoms. The third kappa shape index (κ3) is 3.18. The van der Waals surface area contributed by atoms with E-state index in [1.54, 1.807) is 0 Å². The summed E-state index contributed by atoms with van der Waals surface area (Å²) in [6.07, 6.45) is 0. The Labute approximate surface area is 63.9 Å². The van der Waals surface area contributed by atoms with Crippen LogP contribution in [0.15, 0.2) is 0 Å². The van der Waals surface area contributed by atoms with Gasteiger partial charge in [0.2, 0.25) is 0 Å². The maximum atomic E-state index is 4.97. The lowest BCUT2D eigenvalue weighted by Crippen LogP contribution is -2.13. The van der Waals surface area contributed by atoms with Gasteiger partial charge >= 0.3 is 0 Å². The Morgan fingerprint density at radius 3 is 2.20 bits per heavy atom. The number of nitrogens with one attached hydrogen (secondary N) is 1. The Balaban J connectivity index is 0.000000371. The van der Waals surface area contributed by atoms with Crippen molar-refractivity contribution < 1.29 is 4.84 Å². The molecule has 62 valence electrons. The van der Waals surface area contributed by atoms with Crippen molar-refractivity contribution in [2.24, 2.45) is 11.8 Å². The van der Waals surface area contributed by atoms with Crippen LogP contribution in [-0.4, -0.2) is 13.2 Å². The molecule has 1 N–H and O–H groups in total. The fourth-order valence-electron chi connectivity index (χ4n) is 0.819. The van der Waals surface area contributed by atoms with E-state index in [1.165, 1.54) is 0 Å². The Kier molecular flexibility index (Phi) is 5.64. The van der Waals surface area contributed by atoms with Gasteiger partial charge in [-0.15, -0.1) is 0 Å². The van der Waals surface area contributed by atoms with Crippen LogP contribution < -0.4 is 5.48 Å². The molecule has 0 spiro atoms. The number of hydrogen-bond acceptors (Lipinski definition) is 2. The molecule has 1 aliphatic rings. The first kappa shape index (κ1) is 9.92. The van der Waals surface area contributed by atoms with Crippen molar-refractivity contribution in [3.8, 4) is 0 Å². The van der Waals surface area contributed by atoms with E-state index in [2.05, 4.69) is 19.3 Å². The van der Waals surface area contributed by atoms with E-state index >= 15 is 0 Å². The molecule has 0 amide bonds. The molecule has 0 bridgehead atoms. The molecule has 0 aromatic carbocycles. The summed E-state index contributed by atoms with van der Waals surface area (Å²) in [5.41, 5.74) is 2.85. The van der Waals surface area contributed by atoms with Crippen molar-refractivity contribution in [1.82, 2.24) is 5.48 Å². The van der Waals surface area contributed by atoms with Gasteiger partial charge in [0, 0.05) is 12.5 Å².